The first-order valence-corrected chi connectivity index (χ1v) is 6.17. The molecular formula is C15H15N3O2. The van der Waals surface area contributed by atoms with Crippen LogP contribution in [0.15, 0.2) is 47.6 Å². The third-order valence-corrected chi connectivity index (χ3v) is 2.88. The number of nitro benzene ring substituents is 1. The minimum atomic E-state index is -0.432. The number of rotatable bonds is 4. The van der Waals surface area contributed by atoms with E-state index in [4.69, 9.17) is 0 Å². The van der Waals surface area contributed by atoms with E-state index in [9.17, 15) is 10.1 Å². The average Bonchev–Trinajstić information content (AvgIpc) is 2.41. The maximum Gasteiger partial charge on any atom is 0.271 e. The number of anilines is 1. The van der Waals surface area contributed by atoms with Crippen molar-refractivity contribution in [1.82, 2.24) is 0 Å². The SMILES string of the molecule is Cc1ccc(/C=N\Nc2cccc([N+](=O)[O-])c2)c(C)c1. The molecule has 0 aliphatic rings. The second kappa shape index (κ2) is 5.97. The highest BCUT2D eigenvalue weighted by Gasteiger charge is 2.04. The van der Waals surface area contributed by atoms with Gasteiger partial charge in [-0.15, -0.1) is 0 Å². The molecular weight excluding hydrogens is 254 g/mol. The van der Waals surface area contributed by atoms with Gasteiger partial charge < -0.3 is 0 Å². The molecule has 0 aliphatic heterocycles. The highest BCUT2D eigenvalue weighted by atomic mass is 16.6. The number of non-ortho nitro benzene ring substituents is 1. The molecule has 0 heterocycles. The number of hydrazone groups is 1. The van der Waals surface area contributed by atoms with Crippen molar-refractivity contribution in [3.8, 4) is 0 Å². The molecule has 0 unspecified atom stereocenters. The van der Waals surface area contributed by atoms with Crippen LogP contribution in [-0.4, -0.2) is 11.1 Å². The van der Waals surface area contributed by atoms with Crippen LogP contribution in [0, 0.1) is 24.0 Å². The zero-order valence-corrected chi connectivity index (χ0v) is 11.3. The highest BCUT2D eigenvalue weighted by Crippen LogP contribution is 2.17. The minimum Gasteiger partial charge on any atom is -0.278 e. The van der Waals surface area contributed by atoms with E-state index in [2.05, 4.69) is 16.6 Å². The standard InChI is InChI=1S/C15H15N3O2/c1-11-6-7-13(12(2)8-11)10-16-17-14-4-3-5-15(9-14)18(19)20/h3-10,17H,1-2H3/b16-10-. The molecule has 0 aromatic heterocycles. The van der Waals surface area contributed by atoms with Gasteiger partial charge in [-0.25, -0.2) is 0 Å². The number of benzene rings is 2. The Balaban J connectivity index is 2.10. The molecule has 5 heteroatoms. The van der Waals surface area contributed by atoms with Crippen molar-refractivity contribution in [3.05, 3.63) is 69.3 Å². The third-order valence-electron chi connectivity index (χ3n) is 2.88. The van der Waals surface area contributed by atoms with Gasteiger partial charge in [-0.2, -0.15) is 5.10 Å². The normalized spacial score (nSPS) is 10.7. The smallest absolute Gasteiger partial charge is 0.271 e. The van der Waals surface area contributed by atoms with Crippen LogP contribution >= 0.6 is 0 Å². The Hall–Kier alpha value is -2.69. The van der Waals surface area contributed by atoms with Gasteiger partial charge in [0.15, 0.2) is 0 Å². The molecule has 2 rings (SSSR count). The second-order valence-electron chi connectivity index (χ2n) is 4.54. The summed E-state index contributed by atoms with van der Waals surface area (Å²) in [5.74, 6) is 0. The Labute approximate surface area is 117 Å². The summed E-state index contributed by atoms with van der Waals surface area (Å²) in [7, 11) is 0. The zero-order valence-electron chi connectivity index (χ0n) is 11.3. The largest absolute Gasteiger partial charge is 0.278 e. The minimum absolute atomic E-state index is 0.0386. The molecule has 0 spiro atoms. The Morgan fingerprint density at radius 3 is 2.70 bits per heavy atom. The van der Waals surface area contributed by atoms with Crippen LogP contribution in [0.25, 0.3) is 0 Å². The van der Waals surface area contributed by atoms with Crippen molar-refractivity contribution in [3.63, 3.8) is 0 Å². The molecule has 2 aromatic carbocycles. The van der Waals surface area contributed by atoms with Crippen molar-refractivity contribution >= 4 is 17.6 Å². The molecule has 0 bridgehead atoms. The van der Waals surface area contributed by atoms with Crippen molar-refractivity contribution in [2.24, 2.45) is 5.10 Å². The van der Waals surface area contributed by atoms with E-state index in [1.54, 1.807) is 18.3 Å². The summed E-state index contributed by atoms with van der Waals surface area (Å²) < 4.78 is 0. The van der Waals surface area contributed by atoms with Gasteiger partial charge in [0.2, 0.25) is 0 Å². The van der Waals surface area contributed by atoms with E-state index in [-0.39, 0.29) is 5.69 Å². The van der Waals surface area contributed by atoms with Gasteiger partial charge in [0.1, 0.15) is 0 Å². The molecule has 1 N–H and O–H groups in total. The van der Waals surface area contributed by atoms with E-state index >= 15 is 0 Å². The molecule has 2 aromatic rings. The second-order valence-corrected chi connectivity index (χ2v) is 4.54. The maximum atomic E-state index is 10.7. The molecule has 20 heavy (non-hydrogen) atoms. The molecule has 0 saturated carbocycles. The predicted octanol–water partition coefficient (Wildman–Crippen LogP) is 3.66. The first-order chi connectivity index (χ1) is 9.56. The van der Waals surface area contributed by atoms with Gasteiger partial charge in [0.05, 0.1) is 16.8 Å². The number of nitro groups is 1. The van der Waals surface area contributed by atoms with Crippen LogP contribution < -0.4 is 5.43 Å². The van der Waals surface area contributed by atoms with Gasteiger partial charge in [-0.05, 0) is 31.0 Å². The lowest BCUT2D eigenvalue weighted by Gasteiger charge is -2.02. The van der Waals surface area contributed by atoms with Gasteiger partial charge in [-0.1, -0.05) is 29.8 Å². The first-order valence-electron chi connectivity index (χ1n) is 6.17. The quantitative estimate of drug-likeness (QED) is 0.523. The van der Waals surface area contributed by atoms with Crippen LogP contribution in [0.1, 0.15) is 16.7 Å². The summed E-state index contributed by atoms with van der Waals surface area (Å²) in [4.78, 5) is 10.2. The summed E-state index contributed by atoms with van der Waals surface area (Å²) >= 11 is 0. The van der Waals surface area contributed by atoms with Gasteiger partial charge in [0, 0.05) is 12.1 Å². The molecule has 5 nitrogen and oxygen atoms in total. The van der Waals surface area contributed by atoms with Gasteiger partial charge in [-0.3, -0.25) is 15.5 Å². The fraction of sp³-hybridized carbons (Fsp3) is 0.133. The Kier molecular flexibility index (Phi) is 4.10. The van der Waals surface area contributed by atoms with Crippen LogP contribution in [0.2, 0.25) is 0 Å². The molecule has 0 saturated heterocycles. The third kappa shape index (κ3) is 3.41. The topological polar surface area (TPSA) is 67.5 Å². The van der Waals surface area contributed by atoms with Gasteiger partial charge >= 0.3 is 0 Å². The van der Waals surface area contributed by atoms with E-state index in [1.807, 2.05) is 26.0 Å². The number of nitrogens with zero attached hydrogens (tertiary/aromatic N) is 2. The lowest BCUT2D eigenvalue weighted by molar-refractivity contribution is -0.384. The monoisotopic (exact) mass is 269 g/mol. The number of aryl methyl sites for hydroxylation is 2. The molecule has 102 valence electrons. The van der Waals surface area contributed by atoms with Crippen LogP contribution in [0.4, 0.5) is 11.4 Å². The van der Waals surface area contributed by atoms with Crippen LogP contribution in [0.3, 0.4) is 0 Å². The van der Waals surface area contributed by atoms with Crippen LogP contribution in [-0.2, 0) is 0 Å². The number of hydrogen-bond acceptors (Lipinski definition) is 4. The van der Waals surface area contributed by atoms with Crippen molar-refractivity contribution in [2.75, 3.05) is 5.43 Å². The Morgan fingerprint density at radius 2 is 2.00 bits per heavy atom. The van der Waals surface area contributed by atoms with Crippen molar-refractivity contribution in [2.45, 2.75) is 13.8 Å². The lowest BCUT2D eigenvalue weighted by Crippen LogP contribution is -1.94. The van der Waals surface area contributed by atoms with Crippen molar-refractivity contribution in [1.29, 1.82) is 0 Å². The average molecular weight is 269 g/mol. The van der Waals surface area contributed by atoms with Gasteiger partial charge in [0.25, 0.3) is 5.69 Å². The van der Waals surface area contributed by atoms with E-state index < -0.39 is 4.92 Å². The van der Waals surface area contributed by atoms with E-state index in [1.165, 1.54) is 17.7 Å². The molecule has 0 amide bonds. The fourth-order valence-corrected chi connectivity index (χ4v) is 1.84. The molecule has 0 radical (unpaired) electrons. The maximum absolute atomic E-state index is 10.7. The molecule has 0 atom stereocenters. The lowest BCUT2D eigenvalue weighted by atomic mass is 10.1. The summed E-state index contributed by atoms with van der Waals surface area (Å²) in [6, 6.07) is 12.3. The Morgan fingerprint density at radius 1 is 1.20 bits per heavy atom. The van der Waals surface area contributed by atoms with Crippen LogP contribution in [0.5, 0.6) is 0 Å². The summed E-state index contributed by atoms with van der Waals surface area (Å²) in [6.07, 6.45) is 1.70. The molecule has 0 aliphatic carbocycles. The summed E-state index contributed by atoms with van der Waals surface area (Å²) in [5.41, 5.74) is 6.76. The Bertz CT molecular complexity index is 666. The fourth-order valence-electron chi connectivity index (χ4n) is 1.84. The number of hydrogen-bond donors (Lipinski definition) is 1. The molecule has 0 fully saturated rings. The summed E-state index contributed by atoms with van der Waals surface area (Å²) in [5, 5.41) is 14.8. The highest BCUT2D eigenvalue weighted by molar-refractivity contribution is 5.82. The van der Waals surface area contributed by atoms with E-state index in [0.717, 1.165) is 11.1 Å². The van der Waals surface area contributed by atoms with Crippen molar-refractivity contribution < 1.29 is 4.92 Å². The first kappa shape index (κ1) is 13.7. The predicted molar refractivity (Wildman–Crippen MR) is 80.2 cm³/mol. The summed E-state index contributed by atoms with van der Waals surface area (Å²) in [6.45, 7) is 4.05. The zero-order chi connectivity index (χ0) is 14.5. The van der Waals surface area contributed by atoms with E-state index in [0.29, 0.717) is 5.69 Å². The number of nitrogens with one attached hydrogen (secondary N) is 1.